The lowest BCUT2D eigenvalue weighted by atomic mass is 10.2. The fourth-order valence-corrected chi connectivity index (χ4v) is 4.68. The Bertz CT molecular complexity index is 1420. The molecule has 2 heterocycles. The minimum absolute atomic E-state index is 0.236. The molecule has 3 aromatic carbocycles. The maximum absolute atomic E-state index is 13.7. The summed E-state index contributed by atoms with van der Waals surface area (Å²) in [5.41, 5.74) is 2.36. The molecule has 0 fully saturated rings. The van der Waals surface area contributed by atoms with Gasteiger partial charge in [0.25, 0.3) is 5.91 Å². The Kier molecular flexibility index (Phi) is 5.71. The zero-order valence-corrected chi connectivity index (χ0v) is 19.1. The molecule has 2 aromatic heterocycles. The van der Waals surface area contributed by atoms with E-state index in [9.17, 15) is 4.79 Å². The Balaban J connectivity index is 1.57. The number of rotatable bonds is 7. The number of thiazole rings is 1. The number of furan rings is 1. The van der Waals surface area contributed by atoms with Crippen molar-refractivity contribution in [2.24, 2.45) is 0 Å². The molecule has 33 heavy (non-hydrogen) atoms. The van der Waals surface area contributed by atoms with E-state index in [0.717, 1.165) is 26.9 Å². The van der Waals surface area contributed by atoms with Crippen molar-refractivity contribution < 1.29 is 18.7 Å². The minimum atomic E-state index is -0.263. The monoisotopic (exact) mass is 458 g/mol. The number of hydrogen-bond donors (Lipinski definition) is 0. The van der Waals surface area contributed by atoms with Crippen molar-refractivity contribution in [3.8, 4) is 11.5 Å². The van der Waals surface area contributed by atoms with Gasteiger partial charge in [0.2, 0.25) is 0 Å². The van der Waals surface area contributed by atoms with E-state index in [1.54, 1.807) is 18.1 Å². The van der Waals surface area contributed by atoms with Crippen molar-refractivity contribution in [2.45, 2.75) is 13.5 Å². The number of aromatic nitrogens is 1. The number of benzene rings is 3. The Morgan fingerprint density at radius 1 is 1.06 bits per heavy atom. The molecule has 7 heteroatoms. The molecule has 5 aromatic rings. The predicted octanol–water partition coefficient (Wildman–Crippen LogP) is 6.30. The molecule has 6 nitrogen and oxygen atoms in total. The van der Waals surface area contributed by atoms with E-state index in [1.807, 2.05) is 73.7 Å². The first kappa shape index (κ1) is 21.0. The van der Waals surface area contributed by atoms with E-state index in [0.29, 0.717) is 29.6 Å². The summed E-state index contributed by atoms with van der Waals surface area (Å²) in [5, 5.41) is 1.41. The second-order valence-electron chi connectivity index (χ2n) is 7.43. The van der Waals surface area contributed by atoms with Gasteiger partial charge in [-0.1, -0.05) is 53.8 Å². The van der Waals surface area contributed by atoms with Crippen LogP contribution in [0.3, 0.4) is 0 Å². The third-order valence-corrected chi connectivity index (χ3v) is 6.30. The average molecular weight is 459 g/mol. The summed E-state index contributed by atoms with van der Waals surface area (Å²) >= 11 is 1.45. The molecule has 0 atom stereocenters. The van der Waals surface area contributed by atoms with E-state index in [-0.39, 0.29) is 11.7 Å². The van der Waals surface area contributed by atoms with Gasteiger partial charge in [0.05, 0.1) is 30.5 Å². The highest BCUT2D eigenvalue weighted by molar-refractivity contribution is 7.22. The van der Waals surface area contributed by atoms with Gasteiger partial charge in [-0.05, 0) is 42.8 Å². The summed E-state index contributed by atoms with van der Waals surface area (Å²) in [7, 11) is 1.58. The molecule has 0 bridgehead atoms. The molecule has 5 rings (SSSR count). The topological polar surface area (TPSA) is 64.8 Å². The first-order valence-electron chi connectivity index (χ1n) is 10.6. The zero-order valence-electron chi connectivity index (χ0n) is 18.3. The van der Waals surface area contributed by atoms with Crippen LogP contribution in [0.1, 0.15) is 23.0 Å². The number of ether oxygens (including phenoxy) is 2. The molecular weight excluding hydrogens is 436 g/mol. The molecule has 0 aliphatic heterocycles. The minimum Gasteiger partial charge on any atom is -0.494 e. The lowest BCUT2D eigenvalue weighted by molar-refractivity contribution is 0.0960. The third-order valence-electron chi connectivity index (χ3n) is 5.26. The van der Waals surface area contributed by atoms with E-state index in [2.05, 4.69) is 0 Å². The molecule has 1 amide bonds. The molecule has 0 saturated carbocycles. The molecule has 0 radical (unpaired) electrons. The van der Waals surface area contributed by atoms with Crippen molar-refractivity contribution in [3.63, 3.8) is 0 Å². The standard InChI is InChI=1S/C26H22N2O4S/c1-3-31-19-12-13-20-23(15-19)33-26(27-20)28(16-17-8-5-4-6-9-17)25(29)22-14-18-10-7-11-21(30-2)24(18)32-22/h4-15H,3,16H2,1-2H3. The highest BCUT2D eigenvalue weighted by atomic mass is 32.1. The second kappa shape index (κ2) is 8.96. The number of fused-ring (bicyclic) bond motifs is 2. The van der Waals surface area contributed by atoms with E-state index >= 15 is 0 Å². The van der Waals surface area contributed by atoms with E-state index < -0.39 is 0 Å². The van der Waals surface area contributed by atoms with Crippen LogP contribution in [0.4, 0.5) is 5.13 Å². The van der Waals surface area contributed by atoms with Crippen molar-refractivity contribution >= 4 is 43.6 Å². The number of anilines is 1. The lowest BCUT2D eigenvalue weighted by Gasteiger charge is -2.18. The van der Waals surface area contributed by atoms with Gasteiger partial charge < -0.3 is 13.9 Å². The van der Waals surface area contributed by atoms with Crippen molar-refractivity contribution in [3.05, 3.63) is 84.1 Å². The quantitative estimate of drug-likeness (QED) is 0.286. The van der Waals surface area contributed by atoms with Gasteiger partial charge >= 0.3 is 0 Å². The van der Waals surface area contributed by atoms with Crippen LogP contribution in [0.25, 0.3) is 21.2 Å². The second-order valence-corrected chi connectivity index (χ2v) is 8.43. The Morgan fingerprint density at radius 3 is 2.70 bits per heavy atom. The van der Waals surface area contributed by atoms with Crippen LogP contribution in [-0.4, -0.2) is 24.6 Å². The molecule has 0 N–H and O–H groups in total. The van der Waals surface area contributed by atoms with Gasteiger partial charge in [-0.3, -0.25) is 9.69 Å². The van der Waals surface area contributed by atoms with Gasteiger partial charge in [0.1, 0.15) is 5.75 Å². The summed E-state index contributed by atoms with van der Waals surface area (Å²) in [5.74, 6) is 1.34. The number of hydrogen-bond acceptors (Lipinski definition) is 6. The van der Waals surface area contributed by atoms with Gasteiger partial charge in [-0.25, -0.2) is 4.98 Å². The molecule has 0 aliphatic carbocycles. The van der Waals surface area contributed by atoms with Crippen LogP contribution in [0.5, 0.6) is 11.5 Å². The fraction of sp³-hybridized carbons (Fsp3) is 0.154. The Hall–Kier alpha value is -3.84. The highest BCUT2D eigenvalue weighted by Gasteiger charge is 2.25. The van der Waals surface area contributed by atoms with Crippen LogP contribution in [0.2, 0.25) is 0 Å². The van der Waals surface area contributed by atoms with E-state index in [1.165, 1.54) is 11.3 Å². The summed E-state index contributed by atoms with van der Waals surface area (Å²) in [6, 6.07) is 22.9. The number of nitrogens with zero attached hydrogens (tertiary/aromatic N) is 2. The van der Waals surface area contributed by atoms with Crippen LogP contribution in [-0.2, 0) is 6.54 Å². The zero-order chi connectivity index (χ0) is 22.8. The first-order valence-corrected chi connectivity index (χ1v) is 11.4. The number of methoxy groups -OCH3 is 1. The summed E-state index contributed by atoms with van der Waals surface area (Å²) in [6.07, 6.45) is 0. The molecule has 0 unspecified atom stereocenters. The molecule has 0 aliphatic rings. The fourth-order valence-electron chi connectivity index (χ4n) is 3.69. The van der Waals surface area contributed by atoms with Gasteiger partial charge in [-0.2, -0.15) is 0 Å². The smallest absolute Gasteiger partial charge is 0.296 e. The summed E-state index contributed by atoms with van der Waals surface area (Å²) in [6.45, 7) is 2.90. The largest absolute Gasteiger partial charge is 0.494 e. The number of carbonyl (C=O) groups is 1. The molecule has 0 spiro atoms. The molecule has 166 valence electrons. The summed E-state index contributed by atoms with van der Waals surface area (Å²) in [4.78, 5) is 20.1. The highest BCUT2D eigenvalue weighted by Crippen LogP contribution is 2.34. The van der Waals surface area contributed by atoms with Crippen LogP contribution >= 0.6 is 11.3 Å². The van der Waals surface area contributed by atoms with Gasteiger partial charge in [-0.15, -0.1) is 0 Å². The maximum Gasteiger partial charge on any atom is 0.296 e. The average Bonchev–Trinajstić information content (AvgIpc) is 3.47. The lowest BCUT2D eigenvalue weighted by Crippen LogP contribution is -2.30. The predicted molar refractivity (Wildman–Crippen MR) is 131 cm³/mol. The third kappa shape index (κ3) is 4.15. The number of carbonyl (C=O) groups excluding carboxylic acids is 1. The van der Waals surface area contributed by atoms with E-state index in [4.69, 9.17) is 18.9 Å². The van der Waals surface area contributed by atoms with Crippen molar-refractivity contribution in [2.75, 3.05) is 18.6 Å². The maximum atomic E-state index is 13.7. The van der Waals surface area contributed by atoms with Crippen LogP contribution in [0.15, 0.2) is 77.2 Å². The molecular formula is C26H22N2O4S. The SMILES string of the molecule is CCOc1ccc2nc(N(Cc3ccccc3)C(=O)c3cc4cccc(OC)c4o3)sc2c1. The normalized spacial score (nSPS) is 11.1. The first-order chi connectivity index (χ1) is 16.2. The Morgan fingerprint density at radius 2 is 1.91 bits per heavy atom. The van der Waals surface area contributed by atoms with Crippen LogP contribution < -0.4 is 14.4 Å². The summed E-state index contributed by atoms with van der Waals surface area (Å²) < 4.78 is 17.9. The number of para-hydroxylation sites is 1. The Labute approximate surface area is 195 Å². The van der Waals surface area contributed by atoms with Crippen molar-refractivity contribution in [1.29, 1.82) is 0 Å². The van der Waals surface area contributed by atoms with Gasteiger partial charge in [0, 0.05) is 5.39 Å². The van der Waals surface area contributed by atoms with Crippen molar-refractivity contribution in [1.82, 2.24) is 4.98 Å². The van der Waals surface area contributed by atoms with Gasteiger partial charge in [0.15, 0.2) is 22.2 Å². The number of amides is 1. The van der Waals surface area contributed by atoms with Crippen LogP contribution in [0, 0.1) is 0 Å². The molecule has 0 saturated heterocycles.